The Morgan fingerprint density at radius 2 is 1.81 bits per heavy atom. The van der Waals surface area contributed by atoms with E-state index in [0.717, 1.165) is 23.1 Å². The Hall–Kier alpha value is 0.0769. The summed E-state index contributed by atoms with van der Waals surface area (Å²) in [5, 5.41) is 0.218. The van der Waals surface area contributed by atoms with Crippen LogP contribution in [0.3, 0.4) is 0 Å². The number of hydrogen-bond acceptors (Lipinski definition) is 4. The summed E-state index contributed by atoms with van der Waals surface area (Å²) in [6.45, 7) is 17.4. The summed E-state index contributed by atoms with van der Waals surface area (Å²) in [6.07, 6.45) is 2.27. The van der Waals surface area contributed by atoms with E-state index in [1.807, 2.05) is 39.0 Å². The lowest BCUT2D eigenvalue weighted by atomic mass is 9.76. The summed E-state index contributed by atoms with van der Waals surface area (Å²) >= 11 is 2.32. The van der Waals surface area contributed by atoms with E-state index in [4.69, 9.17) is 4.43 Å². The first-order valence-corrected chi connectivity index (χ1v) is 14.5. The third-order valence-corrected chi connectivity index (χ3v) is 12.3. The second-order valence-corrected chi connectivity index (χ2v) is 17.7. The summed E-state index contributed by atoms with van der Waals surface area (Å²) in [5.74, 6) is 0.382. The van der Waals surface area contributed by atoms with Gasteiger partial charge in [0.15, 0.2) is 8.32 Å². The van der Waals surface area contributed by atoms with Gasteiger partial charge in [0.2, 0.25) is 0 Å². The summed E-state index contributed by atoms with van der Waals surface area (Å²) in [7, 11) is -1.76. The fourth-order valence-corrected chi connectivity index (χ4v) is 5.49. The highest BCUT2D eigenvalue weighted by Gasteiger charge is 2.46. The fourth-order valence-electron chi connectivity index (χ4n) is 2.86. The standard InChI is InChI=1S/C20H35BrN2O2SSi/c1-19(2,3)26(24)23-18(16-10-9-11-17(21)22-16)14-12-15(13-14)25-27(7,8)20(4,5)6/h9-11,14-15,18,23H,12-13H2,1-8H3/t14?,15?,18-,26-/m1/s1. The van der Waals surface area contributed by atoms with Gasteiger partial charge < -0.3 is 8.98 Å². The second-order valence-electron chi connectivity index (χ2n) is 10.1. The molecule has 1 aromatic rings. The number of halogens is 1. The minimum atomic E-state index is -1.76. The van der Waals surface area contributed by atoms with Gasteiger partial charge in [-0.3, -0.25) is 0 Å². The molecule has 1 aliphatic rings. The molecule has 0 spiro atoms. The Labute approximate surface area is 177 Å². The number of aromatic nitrogens is 1. The van der Waals surface area contributed by atoms with Gasteiger partial charge in [-0.25, -0.2) is 4.98 Å². The van der Waals surface area contributed by atoms with Crippen molar-refractivity contribution in [1.29, 1.82) is 0 Å². The van der Waals surface area contributed by atoms with Crippen molar-refractivity contribution in [2.45, 2.75) is 89.4 Å². The molecule has 0 radical (unpaired) electrons. The zero-order valence-corrected chi connectivity index (χ0v) is 21.3. The quantitative estimate of drug-likeness (QED) is 0.324. The van der Waals surface area contributed by atoms with Crippen molar-refractivity contribution in [2.75, 3.05) is 0 Å². The summed E-state index contributed by atoms with van der Waals surface area (Å²) in [5.41, 5.74) is 0.942. The number of nitrogens with zero attached hydrogens (tertiary/aromatic N) is 1. The van der Waals surface area contributed by atoms with Crippen LogP contribution in [0.15, 0.2) is 22.8 Å². The molecule has 0 aliphatic heterocycles. The van der Waals surface area contributed by atoms with Gasteiger partial charge in [-0.15, -0.1) is 4.72 Å². The maximum Gasteiger partial charge on any atom is 0.192 e. The molecule has 0 bridgehead atoms. The molecule has 1 aromatic heterocycles. The van der Waals surface area contributed by atoms with Crippen molar-refractivity contribution in [1.82, 2.24) is 9.71 Å². The minimum Gasteiger partial charge on any atom is -0.598 e. The highest BCUT2D eigenvalue weighted by molar-refractivity contribution is 9.10. The Balaban J connectivity index is 2.10. The van der Waals surface area contributed by atoms with Crippen LogP contribution >= 0.6 is 15.9 Å². The molecule has 0 aromatic carbocycles. The van der Waals surface area contributed by atoms with Crippen molar-refractivity contribution < 1.29 is 8.98 Å². The lowest BCUT2D eigenvalue weighted by Gasteiger charge is -2.46. The normalized spacial score (nSPS) is 23.6. The van der Waals surface area contributed by atoms with Crippen LogP contribution in [-0.2, 0) is 15.8 Å². The van der Waals surface area contributed by atoms with Crippen LogP contribution in [0, 0.1) is 5.92 Å². The lowest BCUT2D eigenvalue weighted by Crippen LogP contribution is -2.51. The SMILES string of the molecule is CC(C)(C)[S@@+]([O-])N[C@@H](c1cccc(Br)n1)C1CC(O[Si](C)(C)C(C)(C)C)C1. The van der Waals surface area contributed by atoms with Crippen LogP contribution in [0.5, 0.6) is 0 Å². The van der Waals surface area contributed by atoms with Gasteiger partial charge in [-0.1, -0.05) is 26.8 Å². The topological polar surface area (TPSA) is 57.2 Å². The molecule has 1 aliphatic carbocycles. The molecule has 2 atom stereocenters. The van der Waals surface area contributed by atoms with Crippen molar-refractivity contribution in [3.8, 4) is 0 Å². The minimum absolute atomic E-state index is 0.0261. The molecule has 0 amide bonds. The summed E-state index contributed by atoms with van der Waals surface area (Å²) in [4.78, 5) is 4.64. The molecular formula is C20H35BrN2O2SSi. The first-order chi connectivity index (χ1) is 12.2. The third-order valence-electron chi connectivity index (χ3n) is 5.72. The predicted octanol–water partition coefficient (Wildman–Crippen LogP) is 5.74. The van der Waals surface area contributed by atoms with Crippen molar-refractivity contribution in [3.63, 3.8) is 0 Å². The predicted molar refractivity (Wildman–Crippen MR) is 121 cm³/mol. The van der Waals surface area contributed by atoms with Gasteiger partial charge in [0, 0.05) is 17.5 Å². The number of hydrogen-bond donors (Lipinski definition) is 1. The summed E-state index contributed by atoms with van der Waals surface area (Å²) < 4.78 is 23.2. The Morgan fingerprint density at radius 1 is 1.22 bits per heavy atom. The van der Waals surface area contributed by atoms with E-state index >= 15 is 0 Å². The monoisotopic (exact) mass is 474 g/mol. The molecule has 1 saturated carbocycles. The van der Waals surface area contributed by atoms with Crippen LogP contribution in [0.4, 0.5) is 0 Å². The average molecular weight is 476 g/mol. The molecule has 27 heavy (non-hydrogen) atoms. The molecule has 154 valence electrons. The van der Waals surface area contributed by atoms with E-state index < -0.39 is 19.7 Å². The van der Waals surface area contributed by atoms with E-state index in [1.54, 1.807) is 0 Å². The van der Waals surface area contributed by atoms with E-state index in [1.165, 1.54) is 0 Å². The molecule has 4 nitrogen and oxygen atoms in total. The van der Waals surface area contributed by atoms with Crippen molar-refractivity contribution in [2.24, 2.45) is 5.92 Å². The van der Waals surface area contributed by atoms with Gasteiger partial charge in [0.1, 0.15) is 9.35 Å². The van der Waals surface area contributed by atoms with E-state index in [0.29, 0.717) is 12.0 Å². The van der Waals surface area contributed by atoms with Crippen LogP contribution in [0.1, 0.15) is 66.1 Å². The Kier molecular flexibility index (Phi) is 7.30. The third kappa shape index (κ3) is 6.03. The molecule has 2 rings (SSSR count). The van der Waals surface area contributed by atoms with E-state index in [2.05, 4.69) is 59.5 Å². The van der Waals surface area contributed by atoms with Crippen LogP contribution in [0.25, 0.3) is 0 Å². The van der Waals surface area contributed by atoms with Gasteiger partial charge in [0.05, 0.1) is 11.7 Å². The fraction of sp³-hybridized carbons (Fsp3) is 0.750. The highest BCUT2D eigenvalue weighted by atomic mass is 79.9. The molecule has 1 N–H and O–H groups in total. The van der Waals surface area contributed by atoms with Gasteiger partial charge in [-0.2, -0.15) is 0 Å². The van der Waals surface area contributed by atoms with E-state index in [-0.39, 0.29) is 15.8 Å². The largest absolute Gasteiger partial charge is 0.598 e. The molecule has 7 heteroatoms. The van der Waals surface area contributed by atoms with Crippen LogP contribution < -0.4 is 4.72 Å². The maximum absolute atomic E-state index is 12.8. The summed E-state index contributed by atoms with van der Waals surface area (Å²) in [6, 6.07) is 5.90. The van der Waals surface area contributed by atoms with Gasteiger partial charge >= 0.3 is 0 Å². The Morgan fingerprint density at radius 3 is 2.30 bits per heavy atom. The van der Waals surface area contributed by atoms with Crippen molar-refractivity contribution >= 4 is 35.6 Å². The molecule has 1 heterocycles. The van der Waals surface area contributed by atoms with Crippen molar-refractivity contribution in [3.05, 3.63) is 28.5 Å². The smallest absolute Gasteiger partial charge is 0.192 e. The first-order valence-electron chi connectivity index (χ1n) is 9.69. The molecule has 0 saturated heterocycles. The molecular weight excluding hydrogens is 440 g/mol. The van der Waals surface area contributed by atoms with E-state index in [9.17, 15) is 4.55 Å². The lowest BCUT2D eigenvalue weighted by molar-refractivity contribution is 0.0365. The Bertz CT molecular complexity index is 640. The second kappa shape index (κ2) is 8.44. The molecule has 0 unspecified atom stereocenters. The number of rotatable bonds is 6. The maximum atomic E-state index is 12.8. The molecule has 1 fully saturated rings. The average Bonchev–Trinajstić information content (AvgIpc) is 2.46. The highest BCUT2D eigenvalue weighted by Crippen LogP contribution is 2.45. The zero-order valence-electron chi connectivity index (χ0n) is 17.9. The first kappa shape index (κ1) is 23.4. The van der Waals surface area contributed by atoms with Crippen LogP contribution in [-0.4, -0.2) is 28.7 Å². The van der Waals surface area contributed by atoms with Gasteiger partial charge in [0.25, 0.3) is 0 Å². The van der Waals surface area contributed by atoms with Gasteiger partial charge in [-0.05, 0) is 85.7 Å². The zero-order chi connectivity index (χ0) is 20.6. The number of nitrogens with one attached hydrogen (secondary N) is 1. The number of pyridine rings is 1. The van der Waals surface area contributed by atoms with Crippen LogP contribution in [0.2, 0.25) is 18.1 Å².